The van der Waals surface area contributed by atoms with E-state index in [2.05, 4.69) is 4.72 Å². The first-order valence-corrected chi connectivity index (χ1v) is 9.48. The van der Waals surface area contributed by atoms with Crippen LogP contribution in [0.5, 0.6) is 0 Å². The van der Waals surface area contributed by atoms with Crippen LogP contribution in [0.4, 0.5) is 0 Å². The predicted molar refractivity (Wildman–Crippen MR) is 87.1 cm³/mol. The summed E-state index contributed by atoms with van der Waals surface area (Å²) in [6.45, 7) is 5.76. The molecule has 0 bridgehead atoms. The quantitative estimate of drug-likeness (QED) is 0.917. The number of aryl methyl sites for hydroxylation is 3. The van der Waals surface area contributed by atoms with Crippen LogP contribution in [0.2, 0.25) is 0 Å². The first kappa shape index (κ1) is 16.5. The van der Waals surface area contributed by atoms with E-state index in [1.54, 1.807) is 0 Å². The Morgan fingerprint density at radius 2 is 1.38 bits per heavy atom. The molecule has 1 N–H and O–H groups in total. The molecule has 1 aromatic rings. The van der Waals surface area contributed by atoms with Gasteiger partial charge in [0.15, 0.2) is 0 Å². The third kappa shape index (κ3) is 4.30. The zero-order valence-electron chi connectivity index (χ0n) is 13.4. The van der Waals surface area contributed by atoms with Crippen molar-refractivity contribution in [1.29, 1.82) is 0 Å². The van der Waals surface area contributed by atoms with Gasteiger partial charge in [-0.2, -0.15) is 0 Å². The maximum Gasteiger partial charge on any atom is 0.241 e. The molecule has 0 amide bonds. The SMILES string of the molecule is Cc1cc(C)c(S(=O)(=O)NC2CCCCCCC2)c(C)c1. The minimum absolute atomic E-state index is 0.0930. The number of rotatable bonds is 3. The topological polar surface area (TPSA) is 46.2 Å². The summed E-state index contributed by atoms with van der Waals surface area (Å²) in [7, 11) is -3.42. The minimum Gasteiger partial charge on any atom is -0.208 e. The highest BCUT2D eigenvalue weighted by Crippen LogP contribution is 2.24. The van der Waals surface area contributed by atoms with E-state index in [1.165, 1.54) is 19.3 Å². The fourth-order valence-corrected chi connectivity index (χ4v) is 5.20. The maximum absolute atomic E-state index is 12.7. The number of sulfonamides is 1. The zero-order valence-corrected chi connectivity index (χ0v) is 14.2. The normalized spacial score (nSPS) is 18.2. The molecule has 1 aliphatic carbocycles. The minimum atomic E-state index is -3.42. The van der Waals surface area contributed by atoms with Crippen LogP contribution in [0.25, 0.3) is 0 Å². The monoisotopic (exact) mass is 309 g/mol. The standard InChI is InChI=1S/C17H27NO2S/c1-13-11-14(2)17(15(3)12-13)21(19,20)18-16-9-7-5-4-6-8-10-16/h11-12,16,18H,4-10H2,1-3H3. The molecule has 0 aliphatic heterocycles. The van der Waals surface area contributed by atoms with Crippen molar-refractivity contribution < 1.29 is 8.42 Å². The Morgan fingerprint density at radius 1 is 0.905 bits per heavy atom. The predicted octanol–water partition coefficient (Wildman–Crippen LogP) is 4.00. The van der Waals surface area contributed by atoms with Crippen LogP contribution in [0, 0.1) is 20.8 Å². The molecule has 3 nitrogen and oxygen atoms in total. The molecular formula is C17H27NO2S. The van der Waals surface area contributed by atoms with Crippen molar-refractivity contribution in [1.82, 2.24) is 4.72 Å². The summed E-state index contributed by atoms with van der Waals surface area (Å²) in [5, 5.41) is 0. The van der Waals surface area contributed by atoms with E-state index in [9.17, 15) is 8.42 Å². The van der Waals surface area contributed by atoms with Crippen LogP contribution in [-0.2, 0) is 10.0 Å². The number of nitrogens with one attached hydrogen (secondary N) is 1. The van der Waals surface area contributed by atoms with Crippen molar-refractivity contribution in [3.8, 4) is 0 Å². The van der Waals surface area contributed by atoms with E-state index >= 15 is 0 Å². The van der Waals surface area contributed by atoms with Gasteiger partial charge in [-0.05, 0) is 44.7 Å². The van der Waals surface area contributed by atoms with Crippen molar-refractivity contribution >= 4 is 10.0 Å². The van der Waals surface area contributed by atoms with Gasteiger partial charge >= 0.3 is 0 Å². The molecule has 2 rings (SSSR count). The van der Waals surface area contributed by atoms with Crippen molar-refractivity contribution in [2.45, 2.75) is 76.7 Å². The van der Waals surface area contributed by atoms with Crippen LogP contribution >= 0.6 is 0 Å². The van der Waals surface area contributed by atoms with Crippen LogP contribution in [-0.4, -0.2) is 14.5 Å². The third-order valence-electron chi connectivity index (χ3n) is 4.30. The maximum atomic E-state index is 12.7. The van der Waals surface area contributed by atoms with E-state index in [0.717, 1.165) is 42.4 Å². The summed E-state index contributed by atoms with van der Waals surface area (Å²) in [6, 6.07) is 3.98. The molecule has 1 aromatic carbocycles. The lowest BCUT2D eigenvalue weighted by molar-refractivity contribution is 0.426. The summed E-state index contributed by atoms with van der Waals surface area (Å²) in [5.74, 6) is 0. The summed E-state index contributed by atoms with van der Waals surface area (Å²) in [5.41, 5.74) is 2.78. The fraction of sp³-hybridized carbons (Fsp3) is 0.647. The number of hydrogen-bond donors (Lipinski definition) is 1. The van der Waals surface area contributed by atoms with E-state index in [1.807, 2.05) is 32.9 Å². The van der Waals surface area contributed by atoms with Crippen molar-refractivity contribution in [3.63, 3.8) is 0 Å². The van der Waals surface area contributed by atoms with Crippen LogP contribution in [0.1, 0.15) is 61.6 Å². The zero-order chi connectivity index (χ0) is 15.5. The van der Waals surface area contributed by atoms with Crippen molar-refractivity contribution in [2.24, 2.45) is 0 Å². The van der Waals surface area contributed by atoms with Crippen molar-refractivity contribution in [2.75, 3.05) is 0 Å². The first-order valence-electron chi connectivity index (χ1n) is 8.00. The molecule has 0 heterocycles. The molecule has 0 radical (unpaired) electrons. The lowest BCUT2D eigenvalue weighted by Crippen LogP contribution is -2.36. The summed E-state index contributed by atoms with van der Waals surface area (Å²) >= 11 is 0. The highest BCUT2D eigenvalue weighted by atomic mass is 32.2. The molecule has 0 saturated heterocycles. The molecule has 21 heavy (non-hydrogen) atoms. The Kier molecular flexibility index (Phi) is 5.44. The largest absolute Gasteiger partial charge is 0.241 e. The molecule has 0 aromatic heterocycles. The summed E-state index contributed by atoms with van der Waals surface area (Å²) in [6.07, 6.45) is 7.90. The number of benzene rings is 1. The number of hydrogen-bond acceptors (Lipinski definition) is 2. The van der Waals surface area contributed by atoms with E-state index < -0.39 is 10.0 Å². The molecular weight excluding hydrogens is 282 g/mol. The lowest BCUT2D eigenvalue weighted by Gasteiger charge is -2.22. The second kappa shape index (κ2) is 6.93. The Labute approximate surface area is 129 Å². The molecule has 0 unspecified atom stereocenters. The smallest absolute Gasteiger partial charge is 0.208 e. The Bertz CT molecular complexity index is 562. The van der Waals surface area contributed by atoms with Gasteiger partial charge in [0.25, 0.3) is 0 Å². The van der Waals surface area contributed by atoms with Gasteiger partial charge in [-0.1, -0.05) is 49.8 Å². The molecule has 118 valence electrons. The van der Waals surface area contributed by atoms with Gasteiger partial charge in [0.1, 0.15) is 0 Å². The van der Waals surface area contributed by atoms with E-state index in [0.29, 0.717) is 4.90 Å². The van der Waals surface area contributed by atoms with Gasteiger partial charge in [0, 0.05) is 6.04 Å². The molecule has 1 fully saturated rings. The second-order valence-corrected chi connectivity index (χ2v) is 8.04. The Morgan fingerprint density at radius 3 is 1.90 bits per heavy atom. The van der Waals surface area contributed by atoms with Gasteiger partial charge in [0.05, 0.1) is 4.90 Å². The Hall–Kier alpha value is -0.870. The summed E-state index contributed by atoms with van der Waals surface area (Å²) in [4.78, 5) is 0.468. The average molecular weight is 309 g/mol. The molecule has 4 heteroatoms. The van der Waals surface area contributed by atoms with Gasteiger partial charge in [-0.25, -0.2) is 13.1 Å². The average Bonchev–Trinajstić information content (AvgIpc) is 2.30. The van der Waals surface area contributed by atoms with Gasteiger partial charge in [0.2, 0.25) is 10.0 Å². The molecule has 1 aliphatic rings. The third-order valence-corrected chi connectivity index (χ3v) is 6.13. The van der Waals surface area contributed by atoms with Crippen LogP contribution in [0.15, 0.2) is 17.0 Å². The highest BCUT2D eigenvalue weighted by Gasteiger charge is 2.24. The van der Waals surface area contributed by atoms with Crippen LogP contribution < -0.4 is 4.72 Å². The van der Waals surface area contributed by atoms with E-state index in [4.69, 9.17) is 0 Å². The lowest BCUT2D eigenvalue weighted by atomic mass is 9.97. The summed E-state index contributed by atoms with van der Waals surface area (Å²) < 4.78 is 28.4. The van der Waals surface area contributed by atoms with Crippen LogP contribution in [0.3, 0.4) is 0 Å². The second-order valence-electron chi connectivity index (χ2n) is 6.39. The van der Waals surface area contributed by atoms with Gasteiger partial charge in [-0.15, -0.1) is 0 Å². The van der Waals surface area contributed by atoms with Gasteiger partial charge in [-0.3, -0.25) is 0 Å². The van der Waals surface area contributed by atoms with Crippen molar-refractivity contribution in [3.05, 3.63) is 28.8 Å². The first-order chi connectivity index (χ1) is 9.90. The Balaban J connectivity index is 2.21. The fourth-order valence-electron chi connectivity index (χ4n) is 3.44. The van der Waals surface area contributed by atoms with Gasteiger partial charge < -0.3 is 0 Å². The van der Waals surface area contributed by atoms with E-state index in [-0.39, 0.29) is 6.04 Å². The highest BCUT2D eigenvalue weighted by molar-refractivity contribution is 7.89. The molecule has 0 spiro atoms. The molecule has 1 saturated carbocycles. The molecule has 0 atom stereocenters.